The minimum Gasteiger partial charge on any atom is -0.313 e. The van der Waals surface area contributed by atoms with E-state index in [1.807, 2.05) is 0 Å². The first-order valence-corrected chi connectivity index (χ1v) is 8.72. The van der Waals surface area contributed by atoms with Gasteiger partial charge in [-0.05, 0) is 37.6 Å². The molecule has 0 amide bonds. The van der Waals surface area contributed by atoms with Crippen LogP contribution in [0.5, 0.6) is 0 Å². The van der Waals surface area contributed by atoms with E-state index in [0.717, 1.165) is 19.4 Å². The van der Waals surface area contributed by atoms with Crippen LogP contribution in [0.2, 0.25) is 0 Å². The lowest BCUT2D eigenvalue weighted by Crippen LogP contribution is -2.37. The fraction of sp³-hybridized carbons (Fsp3) is 0.357. The number of non-ortho nitro benzene ring substituents is 1. The van der Waals surface area contributed by atoms with Crippen LogP contribution in [0.3, 0.4) is 0 Å². The number of pyridine rings is 1. The Balaban J connectivity index is 1.98. The lowest BCUT2D eigenvalue weighted by Gasteiger charge is -2.13. The molecule has 1 atom stereocenters. The molecule has 122 valence electrons. The van der Waals surface area contributed by atoms with E-state index in [9.17, 15) is 18.5 Å². The summed E-state index contributed by atoms with van der Waals surface area (Å²) in [7, 11) is -3.79. The van der Waals surface area contributed by atoms with Gasteiger partial charge in [-0.15, -0.1) is 0 Å². The maximum atomic E-state index is 12.5. The Hall–Kier alpha value is -2.10. The third-order valence-corrected chi connectivity index (χ3v) is 5.33. The zero-order valence-corrected chi connectivity index (χ0v) is 13.0. The van der Waals surface area contributed by atoms with E-state index < -0.39 is 14.9 Å². The van der Waals surface area contributed by atoms with Gasteiger partial charge in [0.05, 0.1) is 15.8 Å². The number of rotatable bonds is 5. The number of nitro groups is 1. The predicted octanol–water partition coefficient (Wildman–Crippen LogP) is 1.17. The van der Waals surface area contributed by atoms with Crippen molar-refractivity contribution in [3.05, 3.63) is 40.6 Å². The van der Waals surface area contributed by atoms with Crippen LogP contribution in [0.25, 0.3) is 10.9 Å². The van der Waals surface area contributed by atoms with Gasteiger partial charge in [0, 0.05) is 24.8 Å². The third kappa shape index (κ3) is 3.16. The number of nitrogens with zero attached hydrogens (tertiary/aromatic N) is 2. The molecule has 1 aliphatic rings. The largest absolute Gasteiger partial charge is 0.313 e. The summed E-state index contributed by atoms with van der Waals surface area (Å²) in [5, 5.41) is 14.5. The van der Waals surface area contributed by atoms with E-state index >= 15 is 0 Å². The number of sulfonamides is 1. The van der Waals surface area contributed by atoms with Gasteiger partial charge >= 0.3 is 0 Å². The summed E-state index contributed by atoms with van der Waals surface area (Å²) in [5.74, 6) is 0. The molecule has 2 heterocycles. The normalized spacial score (nSPS) is 18.3. The van der Waals surface area contributed by atoms with Crippen LogP contribution in [0, 0.1) is 10.1 Å². The first-order valence-electron chi connectivity index (χ1n) is 7.24. The highest BCUT2D eigenvalue weighted by molar-refractivity contribution is 7.89. The molecular formula is C14H16N4O4S. The maximum Gasteiger partial charge on any atom is 0.278 e. The van der Waals surface area contributed by atoms with E-state index in [0.29, 0.717) is 0 Å². The van der Waals surface area contributed by atoms with Crippen molar-refractivity contribution >= 4 is 26.6 Å². The SMILES string of the molecule is O=[N+]([O-])c1ccc(S(=O)(=O)NCC2CCCN2)c2ncccc12. The van der Waals surface area contributed by atoms with Gasteiger partial charge < -0.3 is 5.32 Å². The molecular weight excluding hydrogens is 320 g/mol. The first-order chi connectivity index (χ1) is 11.0. The Morgan fingerprint density at radius 2 is 2.22 bits per heavy atom. The highest BCUT2D eigenvalue weighted by atomic mass is 32.2. The molecule has 1 aromatic heterocycles. The summed E-state index contributed by atoms with van der Waals surface area (Å²) < 4.78 is 27.6. The van der Waals surface area contributed by atoms with E-state index in [2.05, 4.69) is 15.0 Å². The summed E-state index contributed by atoms with van der Waals surface area (Å²) in [6.07, 6.45) is 3.36. The van der Waals surface area contributed by atoms with Gasteiger partial charge in [0.1, 0.15) is 4.90 Å². The third-order valence-electron chi connectivity index (χ3n) is 3.88. The highest BCUT2D eigenvalue weighted by Gasteiger charge is 2.24. The van der Waals surface area contributed by atoms with Crippen molar-refractivity contribution in [3.63, 3.8) is 0 Å². The Morgan fingerprint density at radius 3 is 2.91 bits per heavy atom. The van der Waals surface area contributed by atoms with E-state index in [-0.39, 0.29) is 34.1 Å². The number of nitrogens with one attached hydrogen (secondary N) is 2. The molecule has 3 rings (SSSR count). The van der Waals surface area contributed by atoms with Crippen LogP contribution in [0.15, 0.2) is 35.4 Å². The molecule has 0 aliphatic carbocycles. The monoisotopic (exact) mass is 336 g/mol. The van der Waals surface area contributed by atoms with Crippen LogP contribution < -0.4 is 10.0 Å². The second-order valence-electron chi connectivity index (χ2n) is 5.38. The van der Waals surface area contributed by atoms with E-state index in [1.165, 1.54) is 24.4 Å². The Morgan fingerprint density at radius 1 is 1.39 bits per heavy atom. The summed E-state index contributed by atoms with van der Waals surface area (Å²) in [6, 6.07) is 5.59. The fourth-order valence-electron chi connectivity index (χ4n) is 2.73. The zero-order chi connectivity index (χ0) is 16.4. The number of nitro benzene ring substituents is 1. The van der Waals surface area contributed by atoms with Crippen molar-refractivity contribution in [2.75, 3.05) is 13.1 Å². The molecule has 0 radical (unpaired) electrons. The van der Waals surface area contributed by atoms with Crippen LogP contribution in [-0.4, -0.2) is 37.5 Å². The van der Waals surface area contributed by atoms with Gasteiger partial charge in [-0.25, -0.2) is 13.1 Å². The lowest BCUT2D eigenvalue weighted by atomic mass is 10.2. The summed E-state index contributed by atoms with van der Waals surface area (Å²) in [5.41, 5.74) is -0.0573. The number of hydrogen-bond acceptors (Lipinski definition) is 6. The molecule has 0 spiro atoms. The quantitative estimate of drug-likeness (QED) is 0.626. The maximum absolute atomic E-state index is 12.5. The molecule has 1 fully saturated rings. The average Bonchev–Trinajstić information content (AvgIpc) is 3.05. The van der Waals surface area contributed by atoms with Gasteiger partial charge in [-0.2, -0.15) is 0 Å². The Bertz CT molecular complexity index is 847. The Kier molecular flexibility index (Phi) is 4.24. The number of benzene rings is 1. The van der Waals surface area contributed by atoms with E-state index in [4.69, 9.17) is 0 Å². The summed E-state index contributed by atoms with van der Waals surface area (Å²) in [4.78, 5) is 14.5. The molecule has 0 saturated carbocycles. The first kappa shape index (κ1) is 15.8. The molecule has 0 bridgehead atoms. The van der Waals surface area contributed by atoms with Crippen LogP contribution in [-0.2, 0) is 10.0 Å². The van der Waals surface area contributed by atoms with Crippen LogP contribution in [0.1, 0.15) is 12.8 Å². The van der Waals surface area contributed by atoms with Gasteiger partial charge in [-0.1, -0.05) is 0 Å². The molecule has 2 N–H and O–H groups in total. The van der Waals surface area contributed by atoms with Gasteiger partial charge in [0.25, 0.3) is 5.69 Å². The number of hydrogen-bond donors (Lipinski definition) is 2. The molecule has 1 saturated heterocycles. The second-order valence-corrected chi connectivity index (χ2v) is 7.12. The number of aromatic nitrogens is 1. The minimum absolute atomic E-state index is 0.0447. The second kappa shape index (κ2) is 6.19. The van der Waals surface area contributed by atoms with Crippen molar-refractivity contribution in [1.29, 1.82) is 0 Å². The summed E-state index contributed by atoms with van der Waals surface area (Å²) >= 11 is 0. The molecule has 1 aromatic carbocycles. The van der Waals surface area contributed by atoms with Crippen molar-refractivity contribution in [2.45, 2.75) is 23.8 Å². The lowest BCUT2D eigenvalue weighted by molar-refractivity contribution is -0.383. The van der Waals surface area contributed by atoms with Crippen molar-refractivity contribution in [3.8, 4) is 0 Å². The van der Waals surface area contributed by atoms with Crippen LogP contribution >= 0.6 is 0 Å². The van der Waals surface area contributed by atoms with Crippen molar-refractivity contribution in [1.82, 2.24) is 15.0 Å². The smallest absolute Gasteiger partial charge is 0.278 e. The average molecular weight is 336 g/mol. The van der Waals surface area contributed by atoms with Crippen molar-refractivity contribution < 1.29 is 13.3 Å². The predicted molar refractivity (Wildman–Crippen MR) is 84.6 cm³/mol. The molecule has 8 nitrogen and oxygen atoms in total. The molecule has 2 aromatic rings. The standard InChI is InChI=1S/C14H16N4O4S/c19-18(20)12-5-6-13(14-11(12)4-2-8-16-14)23(21,22)17-9-10-3-1-7-15-10/h2,4-6,8,10,15,17H,1,3,7,9H2. The van der Waals surface area contributed by atoms with Gasteiger partial charge in [-0.3, -0.25) is 15.1 Å². The molecule has 1 unspecified atom stereocenters. The van der Waals surface area contributed by atoms with Gasteiger partial charge in [0.2, 0.25) is 10.0 Å². The molecule has 1 aliphatic heterocycles. The van der Waals surface area contributed by atoms with E-state index in [1.54, 1.807) is 6.07 Å². The topological polar surface area (TPSA) is 114 Å². The number of fused-ring (bicyclic) bond motifs is 1. The Labute approximate surface area is 133 Å². The highest BCUT2D eigenvalue weighted by Crippen LogP contribution is 2.29. The zero-order valence-electron chi connectivity index (χ0n) is 12.2. The van der Waals surface area contributed by atoms with Gasteiger partial charge in [0.15, 0.2) is 0 Å². The minimum atomic E-state index is -3.79. The fourth-order valence-corrected chi connectivity index (χ4v) is 3.97. The van der Waals surface area contributed by atoms with Crippen LogP contribution in [0.4, 0.5) is 5.69 Å². The van der Waals surface area contributed by atoms with Crippen molar-refractivity contribution in [2.24, 2.45) is 0 Å². The molecule has 23 heavy (non-hydrogen) atoms. The molecule has 9 heteroatoms. The summed E-state index contributed by atoms with van der Waals surface area (Å²) in [6.45, 7) is 1.17.